The number of carbonyl (C=O) groups is 2. The van der Waals surface area contributed by atoms with Crippen LogP contribution >= 0.6 is 0 Å². The first-order valence-electron chi connectivity index (χ1n) is 12.5. The Bertz CT molecular complexity index is 1390. The molecular weight excluding hydrogens is 520 g/mol. The minimum absolute atomic E-state index is 0. The zero-order valence-corrected chi connectivity index (χ0v) is 22.3. The number of methoxy groups -OCH3 is 1. The van der Waals surface area contributed by atoms with Gasteiger partial charge in [0, 0.05) is 12.3 Å². The lowest BCUT2D eigenvalue weighted by Crippen LogP contribution is -2.22. The van der Waals surface area contributed by atoms with Gasteiger partial charge in [-0.15, -0.1) is 0 Å². The third-order valence-corrected chi connectivity index (χ3v) is 6.47. The van der Waals surface area contributed by atoms with Gasteiger partial charge in [-0.25, -0.2) is 4.79 Å². The van der Waals surface area contributed by atoms with Crippen LogP contribution in [0.3, 0.4) is 0 Å². The molecule has 0 spiro atoms. The fourth-order valence-corrected chi connectivity index (χ4v) is 4.09. The maximum absolute atomic E-state index is 12.4. The summed E-state index contributed by atoms with van der Waals surface area (Å²) in [5.74, 6) is 2.66. The molecule has 0 fully saturated rings. The molecule has 0 aliphatic rings. The van der Waals surface area contributed by atoms with E-state index in [-0.39, 0.29) is 26.2 Å². The van der Waals surface area contributed by atoms with Crippen LogP contribution in [0.4, 0.5) is 4.79 Å². The summed E-state index contributed by atoms with van der Waals surface area (Å²) in [6.07, 6.45) is 0.0480. The van der Waals surface area contributed by atoms with E-state index in [2.05, 4.69) is 26.0 Å². The van der Waals surface area contributed by atoms with E-state index in [9.17, 15) is 9.59 Å². The molecule has 41 heavy (non-hydrogen) atoms. The van der Waals surface area contributed by atoms with Crippen LogP contribution < -0.4 is 23.7 Å². The molecule has 7 nitrogen and oxygen atoms in total. The number of benzene rings is 4. The molecule has 0 bridgehead atoms. The Kier molecular flexibility index (Phi) is 11.5. The molecule has 216 valence electrons. The molecule has 0 aromatic heterocycles. The van der Waals surface area contributed by atoms with Crippen LogP contribution in [-0.2, 0) is 10.2 Å². The fourth-order valence-electron chi connectivity index (χ4n) is 4.09. The fraction of sp³-hybridized carbons (Fsp3) is 0.235. The van der Waals surface area contributed by atoms with Crippen molar-refractivity contribution in [2.45, 2.75) is 47.5 Å². The monoisotopic (exact) mass is 558 g/mol. The summed E-state index contributed by atoms with van der Waals surface area (Å²) < 4.78 is 26.7. The van der Waals surface area contributed by atoms with Gasteiger partial charge in [-0.1, -0.05) is 53.0 Å². The zero-order valence-electron chi connectivity index (χ0n) is 22.3. The third kappa shape index (κ3) is 8.35. The largest absolute Gasteiger partial charge is 0.519 e. The van der Waals surface area contributed by atoms with Crippen LogP contribution in [-0.4, -0.2) is 19.2 Å². The van der Waals surface area contributed by atoms with Crippen molar-refractivity contribution in [3.63, 3.8) is 0 Å². The molecule has 0 amide bonds. The summed E-state index contributed by atoms with van der Waals surface area (Å²) in [7, 11) is 1.65. The summed E-state index contributed by atoms with van der Waals surface area (Å²) in [6, 6.07) is 28.7. The van der Waals surface area contributed by atoms with Gasteiger partial charge in [0.1, 0.15) is 34.5 Å². The Morgan fingerprint density at radius 3 is 1.29 bits per heavy atom. The van der Waals surface area contributed by atoms with Gasteiger partial charge < -0.3 is 23.7 Å². The topological polar surface area (TPSA) is 80.3 Å². The van der Waals surface area contributed by atoms with Gasteiger partial charge in [0.25, 0.3) is 0 Å². The number of hydrogen-bond acceptors (Lipinski definition) is 7. The highest BCUT2D eigenvalue weighted by Crippen LogP contribution is 2.36. The van der Waals surface area contributed by atoms with Crippen LogP contribution in [0, 0.1) is 0 Å². The Labute approximate surface area is 242 Å². The minimum Gasteiger partial charge on any atom is -0.497 e. The van der Waals surface area contributed by atoms with Crippen LogP contribution in [0.15, 0.2) is 97.1 Å². The standard InChI is InChI=1S/C32H30O7.2CH4/c1-5-32(3,23-6-10-25(35-4)11-7-23)24-8-12-29(13-9-24)38-31(34)39-30-20-18-28(19-21-30)37-27-16-14-26(15-17-27)36-22(2)33;;/h6-21H,5H2,1-4H3;2*1H4. The maximum atomic E-state index is 12.4. The van der Waals surface area contributed by atoms with Gasteiger partial charge in [-0.05, 0) is 90.3 Å². The molecule has 0 saturated heterocycles. The Balaban J connectivity index is 0.00000294. The summed E-state index contributed by atoms with van der Waals surface area (Å²) in [4.78, 5) is 23.4. The number of carbonyl (C=O) groups excluding carboxylic acids is 2. The Hall–Kier alpha value is -4.78. The number of esters is 1. The highest BCUT2D eigenvalue weighted by Gasteiger charge is 2.27. The molecule has 1 unspecified atom stereocenters. The second-order valence-corrected chi connectivity index (χ2v) is 9.03. The van der Waals surface area contributed by atoms with Gasteiger partial charge in [0.2, 0.25) is 0 Å². The van der Waals surface area contributed by atoms with Crippen molar-refractivity contribution in [3.8, 4) is 34.5 Å². The molecule has 7 heteroatoms. The van der Waals surface area contributed by atoms with Gasteiger partial charge in [0.05, 0.1) is 7.11 Å². The van der Waals surface area contributed by atoms with Crippen LogP contribution in [0.1, 0.15) is 53.2 Å². The van der Waals surface area contributed by atoms with E-state index in [1.165, 1.54) is 12.5 Å². The normalized spacial score (nSPS) is 11.5. The second-order valence-electron chi connectivity index (χ2n) is 9.03. The molecule has 4 rings (SSSR count). The van der Waals surface area contributed by atoms with E-state index in [4.69, 9.17) is 23.7 Å². The summed E-state index contributed by atoms with van der Waals surface area (Å²) in [6.45, 7) is 5.67. The van der Waals surface area contributed by atoms with Crippen molar-refractivity contribution in [2.75, 3.05) is 7.11 Å². The molecule has 0 N–H and O–H groups in total. The summed E-state index contributed by atoms with van der Waals surface area (Å²) in [5.41, 5.74) is 2.07. The zero-order chi connectivity index (χ0) is 27.8. The first-order valence-corrected chi connectivity index (χ1v) is 12.5. The predicted octanol–water partition coefficient (Wildman–Crippen LogP) is 8.98. The molecule has 0 radical (unpaired) electrons. The molecule has 4 aromatic rings. The molecule has 0 aliphatic carbocycles. The van der Waals surface area contributed by atoms with Crippen LogP contribution in [0.25, 0.3) is 0 Å². The van der Waals surface area contributed by atoms with Crippen molar-refractivity contribution in [3.05, 3.63) is 108 Å². The SMILES string of the molecule is C.C.CCC(C)(c1ccc(OC)cc1)c1ccc(OC(=O)Oc2ccc(Oc3ccc(OC(C)=O)cc3)cc2)cc1. The van der Waals surface area contributed by atoms with E-state index >= 15 is 0 Å². The second kappa shape index (κ2) is 14.6. The molecule has 4 aromatic carbocycles. The van der Waals surface area contributed by atoms with E-state index in [1.807, 2.05) is 24.3 Å². The summed E-state index contributed by atoms with van der Waals surface area (Å²) in [5, 5.41) is 0. The summed E-state index contributed by atoms with van der Waals surface area (Å²) >= 11 is 0. The van der Waals surface area contributed by atoms with Crippen molar-refractivity contribution < 1.29 is 33.3 Å². The molecule has 0 saturated carbocycles. The van der Waals surface area contributed by atoms with Gasteiger partial charge >= 0.3 is 12.1 Å². The van der Waals surface area contributed by atoms with Crippen LogP contribution in [0.2, 0.25) is 0 Å². The average Bonchev–Trinajstić information content (AvgIpc) is 2.95. The van der Waals surface area contributed by atoms with Gasteiger partial charge in [-0.3, -0.25) is 4.79 Å². The Morgan fingerprint density at radius 1 is 0.585 bits per heavy atom. The third-order valence-electron chi connectivity index (χ3n) is 6.47. The molecule has 0 aliphatic heterocycles. The van der Waals surface area contributed by atoms with Crippen molar-refractivity contribution in [1.29, 1.82) is 0 Å². The van der Waals surface area contributed by atoms with Gasteiger partial charge in [-0.2, -0.15) is 0 Å². The average molecular weight is 559 g/mol. The Morgan fingerprint density at radius 2 is 0.927 bits per heavy atom. The molecule has 1 atom stereocenters. The first kappa shape index (κ1) is 32.4. The lowest BCUT2D eigenvalue weighted by Gasteiger charge is -2.30. The quantitative estimate of drug-likeness (QED) is 0.115. The predicted molar refractivity (Wildman–Crippen MR) is 161 cm³/mol. The first-order chi connectivity index (χ1) is 18.8. The number of rotatable bonds is 9. The van der Waals surface area contributed by atoms with Crippen molar-refractivity contribution in [1.82, 2.24) is 0 Å². The van der Waals surface area contributed by atoms with Crippen molar-refractivity contribution in [2.24, 2.45) is 0 Å². The number of ether oxygens (including phenoxy) is 5. The highest BCUT2D eigenvalue weighted by atomic mass is 16.7. The van der Waals surface area contributed by atoms with E-state index in [0.717, 1.165) is 17.7 Å². The maximum Gasteiger partial charge on any atom is 0.519 e. The van der Waals surface area contributed by atoms with E-state index in [0.29, 0.717) is 28.7 Å². The van der Waals surface area contributed by atoms with E-state index in [1.54, 1.807) is 67.8 Å². The molecule has 0 heterocycles. The minimum atomic E-state index is -0.842. The molecular formula is C34H38O7. The van der Waals surface area contributed by atoms with Gasteiger partial charge in [0.15, 0.2) is 0 Å². The lowest BCUT2D eigenvalue weighted by molar-refractivity contribution is -0.131. The number of hydrogen-bond donors (Lipinski definition) is 0. The smallest absolute Gasteiger partial charge is 0.497 e. The van der Waals surface area contributed by atoms with E-state index < -0.39 is 6.16 Å². The lowest BCUT2D eigenvalue weighted by atomic mass is 9.74. The van der Waals surface area contributed by atoms with Crippen LogP contribution in [0.5, 0.6) is 34.5 Å². The van der Waals surface area contributed by atoms with Crippen molar-refractivity contribution >= 4 is 12.1 Å². The highest BCUT2D eigenvalue weighted by molar-refractivity contribution is 5.69.